The van der Waals surface area contributed by atoms with Crippen LogP contribution in [0.3, 0.4) is 0 Å². The summed E-state index contributed by atoms with van der Waals surface area (Å²) in [4.78, 5) is 31.4. The van der Waals surface area contributed by atoms with Crippen LogP contribution in [0.15, 0.2) is 77.0 Å². The predicted molar refractivity (Wildman–Crippen MR) is 143 cm³/mol. The average molecular weight is 499 g/mol. The first-order valence-corrected chi connectivity index (χ1v) is 12.4. The lowest BCUT2D eigenvalue weighted by Gasteiger charge is -2.22. The van der Waals surface area contributed by atoms with Crippen molar-refractivity contribution in [2.24, 2.45) is 10.9 Å². The second kappa shape index (κ2) is 9.82. The molecule has 1 N–H and O–H groups in total. The number of aliphatic imine (C=N–C) groups is 1. The van der Waals surface area contributed by atoms with Crippen LogP contribution < -0.4 is 9.64 Å². The van der Waals surface area contributed by atoms with E-state index in [-0.39, 0.29) is 24.8 Å². The summed E-state index contributed by atoms with van der Waals surface area (Å²) in [7, 11) is 1.60. The van der Waals surface area contributed by atoms with Crippen LogP contribution >= 0.6 is 0 Å². The van der Waals surface area contributed by atoms with E-state index in [1.807, 2.05) is 54.6 Å². The normalized spacial score (nSPS) is 18.5. The van der Waals surface area contributed by atoms with Gasteiger partial charge in [0.15, 0.2) is 0 Å². The maximum atomic E-state index is 13.2. The van der Waals surface area contributed by atoms with E-state index in [1.54, 1.807) is 38.1 Å². The molecule has 7 nitrogen and oxygen atoms in total. The Morgan fingerprint density at radius 1 is 1.19 bits per heavy atom. The van der Waals surface area contributed by atoms with Gasteiger partial charge in [-0.3, -0.25) is 9.59 Å². The van der Waals surface area contributed by atoms with Gasteiger partial charge in [-0.25, -0.2) is 4.99 Å². The molecule has 0 radical (unpaired) electrons. The van der Waals surface area contributed by atoms with Gasteiger partial charge in [0, 0.05) is 24.4 Å². The molecule has 1 atom stereocenters. The summed E-state index contributed by atoms with van der Waals surface area (Å²) in [5, 5.41) is 9.95. The van der Waals surface area contributed by atoms with E-state index in [1.165, 1.54) is 0 Å². The number of methoxy groups -OCH3 is 1. The zero-order valence-electron chi connectivity index (χ0n) is 21.2. The monoisotopic (exact) mass is 498 g/mol. The van der Waals surface area contributed by atoms with Crippen molar-refractivity contribution in [1.29, 1.82) is 0 Å². The van der Waals surface area contributed by atoms with Gasteiger partial charge in [-0.15, -0.1) is 0 Å². The Morgan fingerprint density at radius 3 is 2.70 bits per heavy atom. The van der Waals surface area contributed by atoms with Gasteiger partial charge < -0.3 is 19.5 Å². The molecule has 2 aliphatic heterocycles. The highest BCUT2D eigenvalue weighted by molar-refractivity contribution is 6.19. The van der Waals surface area contributed by atoms with Crippen LogP contribution in [0.1, 0.15) is 30.5 Å². The number of nitrogens with zero attached hydrogens (tertiary/aromatic N) is 2. The van der Waals surface area contributed by atoms with Crippen LogP contribution in [0.25, 0.3) is 5.57 Å². The zero-order chi connectivity index (χ0) is 26.2. The lowest BCUT2D eigenvalue weighted by molar-refractivity contribution is -0.119. The smallest absolute Gasteiger partial charge is 0.257 e. The zero-order valence-corrected chi connectivity index (χ0v) is 21.2. The molecule has 2 amide bonds. The van der Waals surface area contributed by atoms with Gasteiger partial charge in [0.1, 0.15) is 18.1 Å². The highest BCUT2D eigenvalue weighted by Gasteiger charge is 2.29. The Morgan fingerprint density at radius 2 is 1.97 bits per heavy atom. The molecule has 0 saturated carbocycles. The fraction of sp³-hybridized carbons (Fsp3) is 0.300. The van der Waals surface area contributed by atoms with E-state index >= 15 is 0 Å². The molecule has 0 spiro atoms. The average Bonchev–Trinajstić information content (AvgIpc) is 3.31. The number of amides is 2. The minimum Gasteiger partial charge on any atom is -0.497 e. The number of dihydropyridines is 1. The van der Waals surface area contributed by atoms with Gasteiger partial charge >= 0.3 is 0 Å². The Balaban J connectivity index is 1.31. The van der Waals surface area contributed by atoms with Gasteiger partial charge in [-0.05, 0) is 60.8 Å². The largest absolute Gasteiger partial charge is 0.497 e. The summed E-state index contributed by atoms with van der Waals surface area (Å²) in [6.45, 7) is 4.18. The van der Waals surface area contributed by atoms with E-state index in [9.17, 15) is 14.7 Å². The summed E-state index contributed by atoms with van der Waals surface area (Å²) >= 11 is 0. The SMILES string of the molecule is COC1=CC2=C(c3ccc(CC(=O)N4CCc5ccc(OCC(C)(C)O)cc54)cc3)C=NC(=O)C2C=C1. The van der Waals surface area contributed by atoms with E-state index in [4.69, 9.17) is 9.47 Å². The second-order valence-electron chi connectivity index (χ2n) is 10.1. The van der Waals surface area contributed by atoms with Crippen LogP contribution in [0.5, 0.6) is 5.75 Å². The lowest BCUT2D eigenvalue weighted by Crippen LogP contribution is -2.30. The highest BCUT2D eigenvalue weighted by atomic mass is 16.5. The van der Waals surface area contributed by atoms with Crippen LogP contribution in [0.4, 0.5) is 5.69 Å². The molecule has 5 rings (SSSR count). The number of aliphatic hydroxyl groups is 1. The predicted octanol–water partition coefficient (Wildman–Crippen LogP) is 4.05. The number of anilines is 1. The molecule has 190 valence electrons. The van der Waals surface area contributed by atoms with Crippen molar-refractivity contribution in [1.82, 2.24) is 0 Å². The lowest BCUT2D eigenvalue weighted by atomic mass is 9.85. The molecule has 1 aliphatic carbocycles. The molecule has 37 heavy (non-hydrogen) atoms. The molecule has 1 unspecified atom stereocenters. The van der Waals surface area contributed by atoms with E-state index in [2.05, 4.69) is 4.99 Å². The third-order valence-electron chi connectivity index (χ3n) is 6.69. The Labute approximate surface area is 216 Å². The van der Waals surface area contributed by atoms with Crippen LogP contribution in [-0.2, 0) is 27.2 Å². The van der Waals surface area contributed by atoms with E-state index in [0.717, 1.165) is 39.9 Å². The molecule has 0 fully saturated rings. The van der Waals surface area contributed by atoms with Gasteiger partial charge in [0.2, 0.25) is 5.91 Å². The van der Waals surface area contributed by atoms with Crippen molar-refractivity contribution >= 4 is 29.3 Å². The molecule has 0 bridgehead atoms. The number of benzene rings is 2. The summed E-state index contributed by atoms with van der Waals surface area (Å²) < 4.78 is 11.1. The summed E-state index contributed by atoms with van der Waals surface area (Å²) in [5.74, 6) is 0.737. The summed E-state index contributed by atoms with van der Waals surface area (Å²) in [5.41, 5.74) is 4.59. The van der Waals surface area contributed by atoms with Gasteiger partial charge in [-0.2, -0.15) is 0 Å². The van der Waals surface area contributed by atoms with Crippen LogP contribution in [0, 0.1) is 5.92 Å². The molecule has 2 heterocycles. The van der Waals surface area contributed by atoms with Gasteiger partial charge in [0.05, 0.1) is 30.7 Å². The maximum Gasteiger partial charge on any atom is 0.257 e. The summed E-state index contributed by atoms with van der Waals surface area (Å²) in [6.07, 6.45) is 8.16. The number of carbonyl (C=O) groups is 2. The quantitative estimate of drug-likeness (QED) is 0.622. The second-order valence-corrected chi connectivity index (χ2v) is 10.1. The van der Waals surface area contributed by atoms with Crippen molar-refractivity contribution in [3.8, 4) is 5.75 Å². The van der Waals surface area contributed by atoms with Crippen molar-refractivity contribution < 1.29 is 24.2 Å². The standard InChI is InChI=1S/C30H30N2O5/c1-30(2,35)18-37-23-9-8-21-12-13-32(27(21)16-23)28(33)14-19-4-6-20(7-5-19)26-17-31-29(34)24-11-10-22(36-3)15-25(24)26/h4-11,15-17,24,35H,12-14,18H2,1-3H3. The molecule has 7 heteroatoms. The number of allylic oxidation sites excluding steroid dienone is 3. The van der Waals surface area contributed by atoms with Gasteiger partial charge in [0.25, 0.3) is 5.91 Å². The first-order chi connectivity index (χ1) is 17.7. The molecule has 0 saturated heterocycles. The van der Waals surface area contributed by atoms with Crippen LogP contribution in [0.2, 0.25) is 0 Å². The molecule has 2 aromatic carbocycles. The highest BCUT2D eigenvalue weighted by Crippen LogP contribution is 2.34. The van der Waals surface area contributed by atoms with Crippen molar-refractivity contribution in [2.75, 3.05) is 25.2 Å². The molecule has 2 aromatic rings. The topological polar surface area (TPSA) is 88.4 Å². The van der Waals surface area contributed by atoms with Crippen molar-refractivity contribution in [2.45, 2.75) is 32.3 Å². The number of rotatable bonds is 7. The molecule has 0 aromatic heterocycles. The van der Waals surface area contributed by atoms with E-state index < -0.39 is 11.5 Å². The fourth-order valence-electron chi connectivity index (χ4n) is 4.74. The molecule has 3 aliphatic rings. The van der Waals surface area contributed by atoms with Crippen LogP contribution in [-0.4, -0.2) is 49.0 Å². The Kier molecular flexibility index (Phi) is 6.56. The summed E-state index contributed by atoms with van der Waals surface area (Å²) in [6, 6.07) is 13.6. The van der Waals surface area contributed by atoms with E-state index in [0.29, 0.717) is 18.1 Å². The van der Waals surface area contributed by atoms with Crippen molar-refractivity contribution in [3.63, 3.8) is 0 Å². The third-order valence-corrected chi connectivity index (χ3v) is 6.69. The fourth-order valence-corrected chi connectivity index (χ4v) is 4.74. The molecular weight excluding hydrogens is 468 g/mol. The number of fused-ring (bicyclic) bond motifs is 2. The number of carbonyl (C=O) groups excluding carboxylic acids is 2. The first-order valence-electron chi connectivity index (χ1n) is 12.4. The number of ether oxygens (including phenoxy) is 2. The van der Waals surface area contributed by atoms with Crippen molar-refractivity contribution in [3.05, 3.63) is 88.7 Å². The maximum absolute atomic E-state index is 13.2. The Bertz CT molecular complexity index is 1360. The third kappa shape index (κ3) is 5.27. The van der Waals surface area contributed by atoms with Gasteiger partial charge in [-0.1, -0.05) is 36.4 Å². The first kappa shape index (κ1) is 24.7. The molecular formula is C30H30N2O5. The minimum atomic E-state index is -0.937. The number of hydrogen-bond donors (Lipinski definition) is 1. The Hall–Kier alpha value is -3.97. The minimum absolute atomic E-state index is 0.0168. The number of hydrogen-bond acceptors (Lipinski definition) is 5.